The minimum atomic E-state index is -3.45. The van der Waals surface area contributed by atoms with Gasteiger partial charge in [0.1, 0.15) is 4.21 Å². The Morgan fingerprint density at radius 3 is 2.41 bits per heavy atom. The zero-order valence-electron chi connectivity index (χ0n) is 17.1. The lowest BCUT2D eigenvalue weighted by atomic mass is 10.0. The van der Waals surface area contributed by atoms with Crippen LogP contribution >= 0.6 is 11.3 Å². The summed E-state index contributed by atoms with van der Waals surface area (Å²) in [6, 6.07) is 10.9. The van der Waals surface area contributed by atoms with Crippen molar-refractivity contribution in [3.63, 3.8) is 0 Å². The average molecular weight is 436 g/mol. The topological polar surface area (TPSA) is 78.5 Å². The van der Waals surface area contributed by atoms with Crippen LogP contribution in [0.2, 0.25) is 0 Å². The molecular formula is C21H29N3O3S2. The smallest absolute Gasteiger partial charge is 0.250 e. The van der Waals surface area contributed by atoms with Crippen LogP contribution in [0.15, 0.2) is 46.0 Å². The first-order valence-electron chi connectivity index (χ1n) is 9.97. The second kappa shape index (κ2) is 9.38. The number of thiophene rings is 1. The molecule has 1 amide bonds. The highest BCUT2D eigenvalue weighted by Crippen LogP contribution is 2.25. The van der Waals surface area contributed by atoms with Gasteiger partial charge in [0.2, 0.25) is 15.9 Å². The van der Waals surface area contributed by atoms with Crippen molar-refractivity contribution in [2.24, 2.45) is 0 Å². The summed E-state index contributed by atoms with van der Waals surface area (Å²) < 4.78 is 27.9. The van der Waals surface area contributed by atoms with Gasteiger partial charge in [-0.3, -0.25) is 9.69 Å². The summed E-state index contributed by atoms with van der Waals surface area (Å²) in [6.45, 7) is 7.48. The molecule has 0 unspecified atom stereocenters. The summed E-state index contributed by atoms with van der Waals surface area (Å²) in [5, 5.41) is 4.83. The highest BCUT2D eigenvalue weighted by molar-refractivity contribution is 7.91. The van der Waals surface area contributed by atoms with Gasteiger partial charge in [0.25, 0.3) is 0 Å². The van der Waals surface area contributed by atoms with E-state index in [0.717, 1.165) is 11.3 Å². The Hall–Kier alpha value is -1.74. The van der Waals surface area contributed by atoms with Crippen molar-refractivity contribution in [3.05, 3.63) is 47.3 Å². The van der Waals surface area contributed by atoms with Gasteiger partial charge in [0, 0.05) is 24.8 Å². The molecule has 1 aromatic heterocycles. The molecule has 3 rings (SSSR count). The Morgan fingerprint density at radius 2 is 1.79 bits per heavy atom. The number of piperidine rings is 1. The van der Waals surface area contributed by atoms with Gasteiger partial charge in [0.15, 0.2) is 0 Å². The van der Waals surface area contributed by atoms with Crippen LogP contribution in [-0.2, 0) is 14.8 Å². The summed E-state index contributed by atoms with van der Waals surface area (Å²) in [7, 11) is -3.45. The molecule has 0 bridgehead atoms. The number of sulfonamides is 1. The Labute approximate surface area is 177 Å². The molecule has 29 heavy (non-hydrogen) atoms. The number of rotatable bonds is 7. The molecule has 0 spiro atoms. The molecule has 1 aromatic carbocycles. The van der Waals surface area contributed by atoms with Crippen LogP contribution in [0.5, 0.6) is 0 Å². The van der Waals surface area contributed by atoms with Crippen molar-refractivity contribution in [2.75, 3.05) is 18.4 Å². The quantitative estimate of drug-likeness (QED) is 0.696. The van der Waals surface area contributed by atoms with E-state index in [4.69, 9.17) is 0 Å². The molecule has 8 heteroatoms. The van der Waals surface area contributed by atoms with Gasteiger partial charge in [-0.05, 0) is 48.8 Å². The van der Waals surface area contributed by atoms with Crippen LogP contribution in [0.3, 0.4) is 0 Å². The number of carbonyl (C=O) groups excluding carboxylic acids is 1. The molecule has 158 valence electrons. The molecule has 0 radical (unpaired) electrons. The number of nitrogens with one attached hydrogen (secondary N) is 2. The van der Waals surface area contributed by atoms with Crippen molar-refractivity contribution in [2.45, 2.75) is 55.8 Å². The zero-order chi connectivity index (χ0) is 21.0. The van der Waals surface area contributed by atoms with Crippen LogP contribution in [0.1, 0.15) is 45.1 Å². The van der Waals surface area contributed by atoms with Gasteiger partial charge in [-0.25, -0.2) is 13.1 Å². The lowest BCUT2D eigenvalue weighted by Gasteiger charge is -2.35. The van der Waals surface area contributed by atoms with E-state index in [0.29, 0.717) is 36.1 Å². The van der Waals surface area contributed by atoms with Gasteiger partial charge in [-0.1, -0.05) is 38.1 Å². The number of hydrogen-bond acceptors (Lipinski definition) is 5. The van der Waals surface area contributed by atoms with E-state index in [9.17, 15) is 13.2 Å². The third-order valence-electron chi connectivity index (χ3n) is 5.38. The summed E-state index contributed by atoms with van der Waals surface area (Å²) in [6.07, 6.45) is 1.37. The molecule has 1 atom stereocenters. The first kappa shape index (κ1) is 22.0. The number of anilines is 1. The monoisotopic (exact) mass is 435 g/mol. The summed E-state index contributed by atoms with van der Waals surface area (Å²) in [5.74, 6) is 0.296. The largest absolute Gasteiger partial charge is 0.324 e. The second-order valence-corrected chi connectivity index (χ2v) is 10.7. The van der Waals surface area contributed by atoms with E-state index in [1.165, 1.54) is 11.3 Å². The third kappa shape index (κ3) is 5.45. The van der Waals surface area contributed by atoms with Gasteiger partial charge in [-0.15, -0.1) is 11.3 Å². The van der Waals surface area contributed by atoms with Crippen LogP contribution < -0.4 is 10.0 Å². The Balaban J connectivity index is 1.55. The van der Waals surface area contributed by atoms with Crippen molar-refractivity contribution >= 4 is 33.0 Å². The maximum absolute atomic E-state index is 12.8. The number of para-hydroxylation sites is 1. The van der Waals surface area contributed by atoms with Gasteiger partial charge in [-0.2, -0.15) is 0 Å². The molecule has 2 N–H and O–H groups in total. The minimum Gasteiger partial charge on any atom is -0.324 e. The fourth-order valence-corrected chi connectivity index (χ4v) is 5.93. The maximum Gasteiger partial charge on any atom is 0.250 e. The van der Waals surface area contributed by atoms with Gasteiger partial charge >= 0.3 is 0 Å². The van der Waals surface area contributed by atoms with Crippen LogP contribution in [0, 0.1) is 0 Å². The van der Waals surface area contributed by atoms with E-state index in [-0.39, 0.29) is 18.0 Å². The molecule has 1 aliphatic rings. The predicted molar refractivity (Wildman–Crippen MR) is 118 cm³/mol. The number of carbonyl (C=O) groups is 1. The van der Waals surface area contributed by atoms with E-state index >= 15 is 0 Å². The van der Waals surface area contributed by atoms with Gasteiger partial charge < -0.3 is 5.32 Å². The molecule has 2 aromatic rings. The molecule has 0 aliphatic carbocycles. The van der Waals surface area contributed by atoms with Crippen LogP contribution in [0.25, 0.3) is 0 Å². The van der Waals surface area contributed by atoms with E-state index in [1.54, 1.807) is 17.5 Å². The van der Waals surface area contributed by atoms with Crippen molar-refractivity contribution in [3.8, 4) is 0 Å². The average Bonchev–Trinajstić information content (AvgIpc) is 3.24. The first-order chi connectivity index (χ1) is 13.8. The Morgan fingerprint density at radius 1 is 1.10 bits per heavy atom. The van der Waals surface area contributed by atoms with Crippen LogP contribution in [-0.4, -0.2) is 44.4 Å². The number of amides is 1. The van der Waals surface area contributed by atoms with Crippen molar-refractivity contribution in [1.29, 1.82) is 0 Å². The number of hydrogen-bond donors (Lipinski definition) is 2. The number of likely N-dealkylation sites (tertiary alicyclic amines) is 1. The lowest BCUT2D eigenvalue weighted by Crippen LogP contribution is -2.50. The Kier molecular flexibility index (Phi) is 7.10. The Bertz CT molecular complexity index is 918. The van der Waals surface area contributed by atoms with Crippen molar-refractivity contribution in [1.82, 2.24) is 9.62 Å². The second-order valence-electron chi connectivity index (χ2n) is 7.77. The SMILES string of the molecule is CC(C)c1ccccc1NC(=O)[C@H](C)N1CCC(NS(=O)(=O)c2cccs2)CC1. The molecule has 1 fully saturated rings. The first-order valence-corrected chi connectivity index (χ1v) is 12.3. The minimum absolute atomic E-state index is 0.0317. The molecule has 6 nitrogen and oxygen atoms in total. The fraction of sp³-hybridized carbons (Fsp3) is 0.476. The van der Waals surface area contributed by atoms with E-state index in [2.05, 4.69) is 28.8 Å². The predicted octanol–water partition coefficient (Wildman–Crippen LogP) is 3.64. The summed E-state index contributed by atoms with van der Waals surface area (Å²) in [4.78, 5) is 14.9. The van der Waals surface area contributed by atoms with Crippen molar-refractivity contribution < 1.29 is 13.2 Å². The summed E-state index contributed by atoms with van der Waals surface area (Å²) >= 11 is 1.22. The maximum atomic E-state index is 12.8. The van der Waals surface area contributed by atoms with E-state index in [1.807, 2.05) is 31.2 Å². The van der Waals surface area contributed by atoms with Crippen LogP contribution in [0.4, 0.5) is 5.69 Å². The zero-order valence-corrected chi connectivity index (χ0v) is 18.7. The fourth-order valence-electron chi connectivity index (χ4n) is 3.62. The van der Waals surface area contributed by atoms with E-state index < -0.39 is 10.0 Å². The number of benzene rings is 1. The summed E-state index contributed by atoms with van der Waals surface area (Å²) in [5.41, 5.74) is 1.98. The lowest BCUT2D eigenvalue weighted by molar-refractivity contribution is -0.121. The standard InChI is InChI=1S/C21H29N3O3S2/c1-15(2)18-7-4-5-8-19(18)22-21(25)16(3)24-12-10-17(11-13-24)23-29(26,27)20-9-6-14-28-20/h4-9,14-17,23H,10-13H2,1-3H3,(H,22,25)/t16-/m0/s1. The normalized spacial score (nSPS) is 17.4. The molecule has 1 saturated heterocycles. The molecule has 0 saturated carbocycles. The molecular weight excluding hydrogens is 406 g/mol. The van der Waals surface area contributed by atoms with Gasteiger partial charge in [0.05, 0.1) is 6.04 Å². The highest BCUT2D eigenvalue weighted by Gasteiger charge is 2.29. The highest BCUT2D eigenvalue weighted by atomic mass is 32.2. The molecule has 1 aliphatic heterocycles. The third-order valence-corrected chi connectivity index (χ3v) is 8.30. The number of nitrogens with zero attached hydrogens (tertiary/aromatic N) is 1. The molecule has 2 heterocycles.